The number of hydrogen-bond donors (Lipinski definition) is 1. The molecule has 0 amide bonds. The zero-order valence-electron chi connectivity index (χ0n) is 13.8. The van der Waals surface area contributed by atoms with Crippen molar-refractivity contribution in [2.45, 2.75) is 58.5 Å². The van der Waals surface area contributed by atoms with Crippen molar-refractivity contribution in [1.29, 1.82) is 0 Å². The van der Waals surface area contributed by atoms with Crippen molar-refractivity contribution < 1.29 is 13.2 Å². The lowest BCUT2D eigenvalue weighted by molar-refractivity contribution is 0.114. The normalized spacial score (nSPS) is 17.3. The van der Waals surface area contributed by atoms with Crippen molar-refractivity contribution in [1.82, 2.24) is 4.72 Å². The summed E-state index contributed by atoms with van der Waals surface area (Å²) in [6.07, 6.45) is 1.96. The molecule has 21 heavy (non-hydrogen) atoms. The van der Waals surface area contributed by atoms with Crippen LogP contribution in [0.2, 0.25) is 0 Å². The fourth-order valence-electron chi connectivity index (χ4n) is 1.81. The summed E-state index contributed by atoms with van der Waals surface area (Å²) in [5, 5.41) is 0. The van der Waals surface area contributed by atoms with E-state index in [-0.39, 0.29) is 6.10 Å². The lowest BCUT2D eigenvalue weighted by Gasteiger charge is -2.11. The van der Waals surface area contributed by atoms with Crippen LogP contribution in [0.3, 0.4) is 0 Å². The molecular formula is C16H29NO3S. The molecule has 122 valence electrons. The van der Waals surface area contributed by atoms with Crippen LogP contribution < -0.4 is 4.72 Å². The van der Waals surface area contributed by atoms with E-state index in [1.54, 1.807) is 24.3 Å². The van der Waals surface area contributed by atoms with Crippen molar-refractivity contribution >= 4 is 10.0 Å². The summed E-state index contributed by atoms with van der Waals surface area (Å²) >= 11 is 0. The van der Waals surface area contributed by atoms with Gasteiger partial charge in [0, 0.05) is 13.2 Å². The number of ether oxygens (including phenoxy) is 1. The van der Waals surface area contributed by atoms with Crippen LogP contribution >= 0.6 is 0 Å². The first-order valence-electron chi connectivity index (χ1n) is 7.76. The Hall–Kier alpha value is -0.910. The third kappa shape index (κ3) is 7.07. The molecule has 1 unspecified atom stereocenters. The van der Waals surface area contributed by atoms with Crippen LogP contribution in [0, 0.1) is 6.92 Å². The molecule has 1 aromatic rings. The molecule has 1 aromatic carbocycles. The predicted octanol–water partition coefficient (Wildman–Crippen LogP) is 3.50. The van der Waals surface area contributed by atoms with E-state index in [1.165, 1.54) is 0 Å². The van der Waals surface area contributed by atoms with Crippen LogP contribution in [-0.4, -0.2) is 27.7 Å². The fraction of sp³-hybridized carbons (Fsp3) is 0.625. The topological polar surface area (TPSA) is 55.4 Å². The molecule has 0 radical (unpaired) electrons. The van der Waals surface area contributed by atoms with Crippen molar-refractivity contribution in [2.24, 2.45) is 0 Å². The van der Waals surface area contributed by atoms with Gasteiger partial charge in [0.05, 0.1) is 11.0 Å². The second kappa shape index (κ2) is 10.8. The Morgan fingerprint density at radius 3 is 2.19 bits per heavy atom. The first kappa shape index (κ1) is 20.1. The Morgan fingerprint density at radius 2 is 1.71 bits per heavy atom. The van der Waals surface area contributed by atoms with E-state index in [4.69, 9.17) is 4.74 Å². The third-order valence-electron chi connectivity index (χ3n) is 2.86. The molecule has 1 atom stereocenters. The zero-order valence-corrected chi connectivity index (χ0v) is 14.7. The zero-order chi connectivity index (χ0) is 16.3. The Bertz CT molecular complexity index is 463. The minimum Gasteiger partial charge on any atom is -0.377 e. The smallest absolute Gasteiger partial charge is 0.240 e. The van der Waals surface area contributed by atoms with Crippen LogP contribution in [0.15, 0.2) is 29.2 Å². The molecule has 1 saturated heterocycles. The molecule has 1 heterocycles. The van der Waals surface area contributed by atoms with Gasteiger partial charge in [-0.3, -0.25) is 0 Å². The van der Waals surface area contributed by atoms with Gasteiger partial charge in [0.1, 0.15) is 0 Å². The first-order chi connectivity index (χ1) is 10.1. The Balaban J connectivity index is 0.000000921. The summed E-state index contributed by atoms with van der Waals surface area (Å²) in [4.78, 5) is 0.307. The summed E-state index contributed by atoms with van der Waals surface area (Å²) in [7, 11) is -3.39. The maximum absolute atomic E-state index is 11.9. The number of benzene rings is 1. The number of sulfonamides is 1. The predicted molar refractivity (Wildman–Crippen MR) is 88.0 cm³/mol. The average molecular weight is 315 g/mol. The van der Waals surface area contributed by atoms with Crippen LogP contribution in [0.4, 0.5) is 0 Å². The summed E-state index contributed by atoms with van der Waals surface area (Å²) in [5.41, 5.74) is 1.04. The first-order valence-corrected chi connectivity index (χ1v) is 9.24. The number of aryl methyl sites for hydroxylation is 1. The molecule has 2 rings (SSSR count). The lowest BCUT2D eigenvalue weighted by atomic mass is 10.2. The van der Waals surface area contributed by atoms with Crippen molar-refractivity contribution in [2.75, 3.05) is 13.2 Å². The Morgan fingerprint density at radius 1 is 1.14 bits per heavy atom. The van der Waals surface area contributed by atoms with Crippen molar-refractivity contribution in [3.05, 3.63) is 29.8 Å². The highest BCUT2D eigenvalue weighted by Crippen LogP contribution is 2.13. The van der Waals surface area contributed by atoms with Gasteiger partial charge < -0.3 is 4.74 Å². The molecule has 1 aliphatic rings. The highest BCUT2D eigenvalue weighted by molar-refractivity contribution is 7.89. The van der Waals surface area contributed by atoms with E-state index in [2.05, 4.69) is 4.72 Å². The van der Waals surface area contributed by atoms with Gasteiger partial charge in [-0.1, -0.05) is 45.4 Å². The quantitative estimate of drug-likeness (QED) is 0.925. The van der Waals surface area contributed by atoms with Crippen molar-refractivity contribution in [3.8, 4) is 0 Å². The number of nitrogens with one attached hydrogen (secondary N) is 1. The fourth-order valence-corrected chi connectivity index (χ4v) is 2.88. The van der Waals surface area contributed by atoms with E-state index < -0.39 is 10.0 Å². The third-order valence-corrected chi connectivity index (χ3v) is 4.30. The van der Waals surface area contributed by atoms with Gasteiger partial charge in [-0.25, -0.2) is 13.1 Å². The SMILES string of the molecule is CC.CC.Cc1ccc(S(=O)(=O)NCC2CCCO2)cc1. The average Bonchev–Trinajstić information content (AvgIpc) is 3.03. The molecule has 0 spiro atoms. The second-order valence-electron chi connectivity index (χ2n) is 4.30. The van der Waals surface area contributed by atoms with Crippen LogP contribution in [0.1, 0.15) is 46.1 Å². The van der Waals surface area contributed by atoms with E-state index >= 15 is 0 Å². The monoisotopic (exact) mass is 315 g/mol. The van der Waals surface area contributed by atoms with Crippen molar-refractivity contribution in [3.63, 3.8) is 0 Å². The second-order valence-corrected chi connectivity index (χ2v) is 6.07. The minimum atomic E-state index is -3.39. The molecule has 4 nitrogen and oxygen atoms in total. The molecule has 1 aliphatic heterocycles. The Kier molecular flexibility index (Phi) is 10.3. The number of rotatable bonds is 4. The molecule has 0 bridgehead atoms. The highest BCUT2D eigenvalue weighted by atomic mass is 32.2. The summed E-state index contributed by atoms with van der Waals surface area (Å²) in [6, 6.07) is 6.82. The summed E-state index contributed by atoms with van der Waals surface area (Å²) < 4.78 is 31.8. The molecule has 0 aliphatic carbocycles. The van der Waals surface area contributed by atoms with Crippen LogP contribution in [0.25, 0.3) is 0 Å². The van der Waals surface area contributed by atoms with E-state index in [9.17, 15) is 8.42 Å². The van der Waals surface area contributed by atoms with Gasteiger partial charge in [-0.15, -0.1) is 0 Å². The van der Waals surface area contributed by atoms with E-state index in [0.717, 1.165) is 25.0 Å². The van der Waals surface area contributed by atoms with Gasteiger partial charge in [0.25, 0.3) is 0 Å². The maximum Gasteiger partial charge on any atom is 0.240 e. The maximum atomic E-state index is 11.9. The number of hydrogen-bond acceptors (Lipinski definition) is 3. The molecule has 1 N–H and O–H groups in total. The summed E-state index contributed by atoms with van der Waals surface area (Å²) in [5.74, 6) is 0. The molecule has 0 aromatic heterocycles. The van der Waals surface area contributed by atoms with E-state index in [1.807, 2.05) is 34.6 Å². The standard InChI is InChI=1S/C12H17NO3S.2C2H6/c1-10-4-6-12(7-5-10)17(14,15)13-9-11-3-2-8-16-11;2*1-2/h4-7,11,13H,2-3,8-9H2,1H3;2*1-2H3. The largest absolute Gasteiger partial charge is 0.377 e. The van der Waals surface area contributed by atoms with Gasteiger partial charge >= 0.3 is 0 Å². The van der Waals surface area contributed by atoms with Gasteiger partial charge in [-0.05, 0) is 31.9 Å². The van der Waals surface area contributed by atoms with Gasteiger partial charge in [0.15, 0.2) is 0 Å². The molecule has 5 heteroatoms. The minimum absolute atomic E-state index is 0.0234. The summed E-state index contributed by atoms with van der Waals surface area (Å²) in [6.45, 7) is 11.0. The van der Waals surface area contributed by atoms with Gasteiger partial charge in [-0.2, -0.15) is 0 Å². The Labute approximate surface area is 130 Å². The van der Waals surface area contributed by atoms with Crippen LogP contribution in [0.5, 0.6) is 0 Å². The van der Waals surface area contributed by atoms with E-state index in [0.29, 0.717) is 11.4 Å². The lowest BCUT2D eigenvalue weighted by Crippen LogP contribution is -2.31. The molecule has 0 saturated carbocycles. The molecular weight excluding hydrogens is 286 g/mol. The molecule has 1 fully saturated rings. The van der Waals surface area contributed by atoms with Gasteiger partial charge in [0.2, 0.25) is 10.0 Å². The van der Waals surface area contributed by atoms with Crippen LogP contribution in [-0.2, 0) is 14.8 Å². The highest BCUT2D eigenvalue weighted by Gasteiger charge is 2.19.